The number of nitrogens with zero attached hydrogens (tertiary/aromatic N) is 2. The molecule has 1 aliphatic rings. The number of hydrogen-bond donors (Lipinski definition) is 0. The Balaban J connectivity index is 1.95. The largest absolute Gasteiger partial charge is 0.449 e. The van der Waals surface area contributed by atoms with E-state index in [1.807, 2.05) is 0 Å². The number of esters is 1. The predicted molar refractivity (Wildman–Crippen MR) is 78.4 cm³/mol. The van der Waals surface area contributed by atoms with E-state index >= 15 is 0 Å². The van der Waals surface area contributed by atoms with Crippen LogP contribution < -0.4 is 0 Å². The average molecular weight is 306 g/mol. The minimum Gasteiger partial charge on any atom is -0.449 e. The molecule has 7 nitrogen and oxygen atoms in total. The van der Waals surface area contributed by atoms with Crippen LogP contribution in [0.15, 0.2) is 24.3 Å². The van der Waals surface area contributed by atoms with E-state index in [1.54, 1.807) is 11.8 Å². The molecular formula is C15H18N2O5. The molecule has 1 fully saturated rings. The molecule has 1 aliphatic heterocycles. The number of piperidine rings is 1. The van der Waals surface area contributed by atoms with Crippen molar-refractivity contribution in [2.24, 2.45) is 0 Å². The SMILES string of the molecule is C[C@H](OC(=O)c1ccc([N+](=O)[O-])cc1)C(=O)N1CCCCC1. The fourth-order valence-electron chi connectivity index (χ4n) is 2.37. The number of nitro benzene ring substituents is 1. The Bertz CT molecular complexity index is 564. The summed E-state index contributed by atoms with van der Waals surface area (Å²) in [4.78, 5) is 35.9. The van der Waals surface area contributed by atoms with Crippen LogP contribution in [0.4, 0.5) is 5.69 Å². The molecule has 0 aliphatic carbocycles. The van der Waals surface area contributed by atoms with Crippen molar-refractivity contribution in [3.8, 4) is 0 Å². The van der Waals surface area contributed by atoms with Crippen LogP contribution in [-0.4, -0.2) is 40.9 Å². The summed E-state index contributed by atoms with van der Waals surface area (Å²) < 4.78 is 5.15. The Morgan fingerprint density at radius 3 is 2.32 bits per heavy atom. The van der Waals surface area contributed by atoms with Gasteiger partial charge in [-0.2, -0.15) is 0 Å². The van der Waals surface area contributed by atoms with Gasteiger partial charge in [0.2, 0.25) is 0 Å². The molecule has 0 bridgehead atoms. The number of rotatable bonds is 4. The van der Waals surface area contributed by atoms with Crippen LogP contribution in [0, 0.1) is 10.1 Å². The summed E-state index contributed by atoms with van der Waals surface area (Å²) in [5, 5.41) is 10.6. The zero-order chi connectivity index (χ0) is 16.1. The van der Waals surface area contributed by atoms with E-state index in [-0.39, 0.29) is 17.2 Å². The van der Waals surface area contributed by atoms with Gasteiger partial charge in [-0.3, -0.25) is 14.9 Å². The average Bonchev–Trinajstić information content (AvgIpc) is 2.54. The third-order valence-electron chi connectivity index (χ3n) is 3.61. The molecule has 1 atom stereocenters. The number of carbonyl (C=O) groups is 2. The Hall–Kier alpha value is -2.44. The van der Waals surface area contributed by atoms with Crippen LogP contribution in [-0.2, 0) is 9.53 Å². The van der Waals surface area contributed by atoms with Crippen LogP contribution in [0.5, 0.6) is 0 Å². The lowest BCUT2D eigenvalue weighted by atomic mass is 10.1. The highest BCUT2D eigenvalue weighted by Gasteiger charge is 2.25. The molecule has 22 heavy (non-hydrogen) atoms. The van der Waals surface area contributed by atoms with Gasteiger partial charge in [-0.25, -0.2) is 4.79 Å². The zero-order valence-corrected chi connectivity index (χ0v) is 12.4. The monoisotopic (exact) mass is 306 g/mol. The first kappa shape index (κ1) is 15.9. The summed E-state index contributed by atoms with van der Waals surface area (Å²) >= 11 is 0. The van der Waals surface area contributed by atoms with E-state index in [0.717, 1.165) is 19.3 Å². The molecular weight excluding hydrogens is 288 g/mol. The molecule has 1 amide bonds. The molecule has 0 spiro atoms. The van der Waals surface area contributed by atoms with Crippen LogP contribution in [0.2, 0.25) is 0 Å². The van der Waals surface area contributed by atoms with Crippen molar-refractivity contribution in [1.82, 2.24) is 4.90 Å². The lowest BCUT2D eigenvalue weighted by Gasteiger charge is -2.28. The standard InChI is InChI=1S/C15H18N2O5/c1-11(14(18)16-9-3-2-4-10-16)22-15(19)12-5-7-13(8-6-12)17(20)21/h5-8,11H,2-4,9-10H2,1H3/t11-/m0/s1. The van der Waals surface area contributed by atoms with Crippen molar-refractivity contribution >= 4 is 17.6 Å². The van der Waals surface area contributed by atoms with Crippen molar-refractivity contribution in [1.29, 1.82) is 0 Å². The van der Waals surface area contributed by atoms with Crippen molar-refractivity contribution in [2.75, 3.05) is 13.1 Å². The molecule has 0 radical (unpaired) electrons. The fraction of sp³-hybridized carbons (Fsp3) is 0.467. The Morgan fingerprint density at radius 2 is 1.77 bits per heavy atom. The third kappa shape index (κ3) is 3.81. The molecule has 1 heterocycles. The topological polar surface area (TPSA) is 89.7 Å². The Morgan fingerprint density at radius 1 is 1.18 bits per heavy atom. The number of benzene rings is 1. The van der Waals surface area contributed by atoms with Crippen molar-refractivity contribution in [3.63, 3.8) is 0 Å². The van der Waals surface area contributed by atoms with Crippen LogP contribution in [0.3, 0.4) is 0 Å². The van der Waals surface area contributed by atoms with Gasteiger partial charge in [0.05, 0.1) is 10.5 Å². The second-order valence-electron chi connectivity index (χ2n) is 5.24. The zero-order valence-electron chi connectivity index (χ0n) is 12.4. The molecule has 118 valence electrons. The van der Waals surface area contributed by atoms with Gasteiger partial charge in [0, 0.05) is 25.2 Å². The van der Waals surface area contributed by atoms with Gasteiger partial charge >= 0.3 is 5.97 Å². The maximum atomic E-state index is 12.2. The first-order valence-corrected chi connectivity index (χ1v) is 7.23. The number of nitro groups is 1. The summed E-state index contributed by atoms with van der Waals surface area (Å²) in [7, 11) is 0. The quantitative estimate of drug-likeness (QED) is 0.483. The number of hydrogen-bond acceptors (Lipinski definition) is 5. The molecule has 1 aromatic rings. The number of ether oxygens (including phenoxy) is 1. The van der Waals surface area contributed by atoms with Gasteiger partial charge in [0.15, 0.2) is 6.10 Å². The summed E-state index contributed by atoms with van der Waals surface area (Å²) in [5.74, 6) is -0.859. The first-order valence-electron chi connectivity index (χ1n) is 7.23. The molecule has 0 saturated carbocycles. The number of non-ortho nitro benzene ring substituents is 1. The minimum atomic E-state index is -0.860. The maximum absolute atomic E-state index is 12.2. The first-order chi connectivity index (χ1) is 10.5. The molecule has 7 heteroatoms. The van der Waals surface area contributed by atoms with Gasteiger partial charge < -0.3 is 9.64 Å². The van der Waals surface area contributed by atoms with Crippen molar-refractivity contribution < 1.29 is 19.2 Å². The van der Waals surface area contributed by atoms with Gasteiger partial charge in [-0.05, 0) is 38.3 Å². The molecule has 0 aromatic heterocycles. The lowest BCUT2D eigenvalue weighted by Crippen LogP contribution is -2.42. The molecule has 2 rings (SSSR count). The second-order valence-corrected chi connectivity index (χ2v) is 5.24. The van der Waals surface area contributed by atoms with Crippen LogP contribution >= 0.6 is 0 Å². The maximum Gasteiger partial charge on any atom is 0.338 e. The Labute approximate surface area is 128 Å². The van der Waals surface area contributed by atoms with E-state index in [9.17, 15) is 19.7 Å². The smallest absolute Gasteiger partial charge is 0.338 e. The van der Waals surface area contributed by atoms with Crippen molar-refractivity contribution in [3.05, 3.63) is 39.9 Å². The van der Waals surface area contributed by atoms with Gasteiger partial charge in [0.25, 0.3) is 11.6 Å². The number of carbonyl (C=O) groups excluding carboxylic acids is 2. The fourth-order valence-corrected chi connectivity index (χ4v) is 2.37. The minimum absolute atomic E-state index is 0.103. The third-order valence-corrected chi connectivity index (χ3v) is 3.61. The lowest BCUT2D eigenvalue weighted by molar-refractivity contribution is -0.384. The molecule has 1 aromatic carbocycles. The predicted octanol–water partition coefficient (Wildman–Crippen LogP) is 2.15. The van der Waals surface area contributed by atoms with Crippen LogP contribution in [0.25, 0.3) is 0 Å². The van der Waals surface area contributed by atoms with E-state index in [4.69, 9.17) is 4.74 Å². The van der Waals surface area contributed by atoms with Crippen molar-refractivity contribution in [2.45, 2.75) is 32.3 Å². The number of amides is 1. The summed E-state index contributed by atoms with van der Waals surface area (Å²) in [6.07, 6.45) is 2.19. The molecule has 0 N–H and O–H groups in total. The van der Waals surface area contributed by atoms with E-state index < -0.39 is 17.0 Å². The summed E-state index contributed by atoms with van der Waals surface area (Å²) in [5.41, 5.74) is 0.0814. The van der Waals surface area contributed by atoms with Gasteiger partial charge in [-0.15, -0.1) is 0 Å². The number of likely N-dealkylation sites (tertiary alicyclic amines) is 1. The van der Waals surface area contributed by atoms with Gasteiger partial charge in [-0.1, -0.05) is 0 Å². The highest BCUT2D eigenvalue weighted by molar-refractivity contribution is 5.92. The molecule has 1 saturated heterocycles. The van der Waals surface area contributed by atoms with E-state index in [0.29, 0.717) is 13.1 Å². The Kier molecular flexibility index (Phi) is 5.08. The van der Waals surface area contributed by atoms with Gasteiger partial charge in [0.1, 0.15) is 0 Å². The van der Waals surface area contributed by atoms with Crippen LogP contribution in [0.1, 0.15) is 36.5 Å². The summed E-state index contributed by atoms with van der Waals surface area (Å²) in [6, 6.07) is 5.10. The van der Waals surface area contributed by atoms with E-state index in [2.05, 4.69) is 0 Å². The highest BCUT2D eigenvalue weighted by Crippen LogP contribution is 2.15. The highest BCUT2D eigenvalue weighted by atomic mass is 16.6. The molecule has 0 unspecified atom stereocenters. The normalized spacial score (nSPS) is 16.0. The second kappa shape index (κ2) is 7.02. The van der Waals surface area contributed by atoms with E-state index in [1.165, 1.54) is 24.3 Å². The summed E-state index contributed by atoms with van der Waals surface area (Å²) in [6.45, 7) is 2.93.